The lowest BCUT2D eigenvalue weighted by atomic mass is 10.0. The summed E-state index contributed by atoms with van der Waals surface area (Å²) in [4.78, 5) is 77.1. The van der Waals surface area contributed by atoms with Crippen molar-refractivity contribution >= 4 is 46.3 Å². The van der Waals surface area contributed by atoms with Crippen LogP contribution in [0.2, 0.25) is 0 Å². The third kappa shape index (κ3) is 8.00. The van der Waals surface area contributed by atoms with Crippen molar-refractivity contribution in [1.82, 2.24) is 35.4 Å². The van der Waals surface area contributed by atoms with Crippen LogP contribution >= 0.6 is 22.7 Å². The van der Waals surface area contributed by atoms with Crippen molar-refractivity contribution in [1.29, 1.82) is 0 Å². The molecule has 3 N–H and O–H groups in total. The van der Waals surface area contributed by atoms with Crippen LogP contribution in [-0.4, -0.2) is 62.7 Å². The van der Waals surface area contributed by atoms with Gasteiger partial charge in [0.1, 0.15) is 27.0 Å². The van der Waals surface area contributed by atoms with Crippen molar-refractivity contribution in [3.05, 3.63) is 102 Å². The van der Waals surface area contributed by atoms with Gasteiger partial charge in [-0.2, -0.15) is 0 Å². The van der Waals surface area contributed by atoms with Gasteiger partial charge in [-0.15, -0.1) is 22.7 Å². The maximum Gasteiger partial charge on any atom is 0.271 e. The van der Waals surface area contributed by atoms with E-state index in [1.54, 1.807) is 30.8 Å². The van der Waals surface area contributed by atoms with E-state index >= 15 is 0 Å². The highest BCUT2D eigenvalue weighted by molar-refractivity contribution is 7.10. The van der Waals surface area contributed by atoms with E-state index in [0.29, 0.717) is 28.6 Å². The average molecular weight is 676 g/mol. The largest absolute Gasteiger partial charge is 0.351 e. The quantitative estimate of drug-likeness (QED) is 0.300. The normalized spacial score (nSPS) is 18.1. The first kappa shape index (κ1) is 33.7. The molecule has 5 rings (SSSR count). The Morgan fingerprint density at radius 2 is 1.62 bits per heavy atom. The standard InChI is InChI=1S/C33H37N7O5S2/c1-19(2)27-31-37-24(17-47-31)28(42)34-13-8-14-40(33(45)22-12-11-20(3)39(4)32(22)44)16-26(41)35-23(15-21-9-6-5-7-10-21)30-36-25(18-46-30)29(43)38-27/h5-7,9-12,17-19,23,27H,8,13-16H2,1-4H3,(H,34,42)(H,35,41)(H,38,43)/t23-,27-/m0/s1. The molecule has 47 heavy (non-hydrogen) atoms. The molecule has 2 atom stereocenters. The van der Waals surface area contributed by atoms with Gasteiger partial charge in [-0.3, -0.25) is 24.0 Å². The number of thiazole rings is 2. The van der Waals surface area contributed by atoms with E-state index in [9.17, 15) is 24.0 Å². The molecule has 0 saturated carbocycles. The Bertz CT molecular complexity index is 1830. The Kier molecular flexibility index (Phi) is 10.6. The first-order valence-corrected chi connectivity index (χ1v) is 17.1. The summed E-state index contributed by atoms with van der Waals surface area (Å²) in [6.45, 7) is 5.65. The molecule has 1 aliphatic heterocycles. The number of rotatable bonds is 4. The number of hydrogen-bond donors (Lipinski definition) is 3. The number of fused-ring (bicyclic) bond motifs is 4. The monoisotopic (exact) mass is 675 g/mol. The lowest BCUT2D eigenvalue weighted by Crippen LogP contribution is -2.45. The number of benzene rings is 1. The molecule has 4 amide bonds. The van der Waals surface area contributed by atoms with E-state index in [4.69, 9.17) is 0 Å². The minimum Gasteiger partial charge on any atom is -0.351 e. The lowest BCUT2D eigenvalue weighted by molar-refractivity contribution is -0.122. The van der Waals surface area contributed by atoms with E-state index in [0.717, 1.165) is 5.56 Å². The summed E-state index contributed by atoms with van der Waals surface area (Å²) >= 11 is 2.54. The molecule has 3 aromatic heterocycles. The first-order chi connectivity index (χ1) is 22.5. The van der Waals surface area contributed by atoms with Crippen LogP contribution in [0.1, 0.15) is 85.0 Å². The summed E-state index contributed by atoms with van der Waals surface area (Å²) in [6, 6.07) is 11.7. The third-order valence-corrected chi connectivity index (χ3v) is 9.83. The number of nitrogens with one attached hydrogen (secondary N) is 3. The van der Waals surface area contributed by atoms with Gasteiger partial charge in [-0.1, -0.05) is 44.2 Å². The summed E-state index contributed by atoms with van der Waals surface area (Å²) in [5, 5.41) is 13.3. The van der Waals surface area contributed by atoms with Gasteiger partial charge < -0.3 is 25.4 Å². The number of nitrogens with zero attached hydrogens (tertiary/aromatic N) is 4. The predicted molar refractivity (Wildman–Crippen MR) is 180 cm³/mol. The van der Waals surface area contributed by atoms with Gasteiger partial charge in [-0.05, 0) is 43.4 Å². The fourth-order valence-corrected chi connectivity index (χ4v) is 7.02. The molecule has 0 aliphatic carbocycles. The van der Waals surface area contributed by atoms with Crippen LogP contribution in [0.4, 0.5) is 0 Å². The molecule has 4 aromatic rings. The molecule has 0 unspecified atom stereocenters. The van der Waals surface area contributed by atoms with Gasteiger partial charge in [0.15, 0.2) is 0 Å². The fourth-order valence-electron chi connectivity index (χ4n) is 5.15. The van der Waals surface area contributed by atoms with Crippen molar-refractivity contribution in [2.45, 2.75) is 45.7 Å². The van der Waals surface area contributed by atoms with E-state index in [1.807, 2.05) is 44.2 Å². The molecule has 246 valence electrons. The van der Waals surface area contributed by atoms with Crippen LogP contribution in [-0.2, 0) is 18.3 Å². The molecule has 0 fully saturated rings. The van der Waals surface area contributed by atoms with Crippen LogP contribution in [0.3, 0.4) is 0 Å². The van der Waals surface area contributed by atoms with Crippen LogP contribution in [0.15, 0.2) is 58.0 Å². The average Bonchev–Trinajstić information content (AvgIpc) is 3.74. The van der Waals surface area contributed by atoms with Crippen molar-refractivity contribution in [3.63, 3.8) is 0 Å². The minimum absolute atomic E-state index is 0.0211. The van der Waals surface area contributed by atoms with E-state index in [2.05, 4.69) is 25.9 Å². The van der Waals surface area contributed by atoms with Gasteiger partial charge in [-0.25, -0.2) is 9.97 Å². The van der Waals surface area contributed by atoms with Gasteiger partial charge >= 0.3 is 0 Å². The Balaban J connectivity index is 1.49. The Hall–Kier alpha value is -4.69. The Labute approximate surface area is 280 Å². The van der Waals surface area contributed by atoms with Crippen molar-refractivity contribution in [2.75, 3.05) is 19.6 Å². The minimum atomic E-state index is -0.593. The summed E-state index contributed by atoms with van der Waals surface area (Å²) in [7, 11) is 1.59. The van der Waals surface area contributed by atoms with Crippen molar-refractivity contribution in [3.8, 4) is 0 Å². The Morgan fingerprint density at radius 3 is 2.34 bits per heavy atom. The molecule has 14 heteroatoms. The maximum atomic E-state index is 13.7. The maximum absolute atomic E-state index is 13.7. The van der Waals surface area contributed by atoms with Gasteiger partial charge in [0, 0.05) is 36.6 Å². The molecule has 12 nitrogen and oxygen atoms in total. The van der Waals surface area contributed by atoms with Crippen molar-refractivity contribution < 1.29 is 19.2 Å². The second kappa shape index (κ2) is 14.8. The van der Waals surface area contributed by atoms with Gasteiger partial charge in [0.05, 0.1) is 18.6 Å². The van der Waals surface area contributed by atoms with E-state index in [1.165, 1.54) is 38.2 Å². The summed E-state index contributed by atoms with van der Waals surface area (Å²) in [5.74, 6) is -1.86. The fraction of sp³-hybridized carbons (Fsp3) is 0.364. The number of carbonyl (C=O) groups excluding carboxylic acids is 4. The molecule has 0 saturated heterocycles. The second-order valence-electron chi connectivity index (χ2n) is 11.7. The smallest absolute Gasteiger partial charge is 0.271 e. The topological polar surface area (TPSA) is 155 Å². The summed E-state index contributed by atoms with van der Waals surface area (Å²) in [5.41, 5.74) is 1.53. The highest BCUT2D eigenvalue weighted by atomic mass is 32.1. The van der Waals surface area contributed by atoms with Crippen molar-refractivity contribution in [2.24, 2.45) is 13.0 Å². The number of hydrogen-bond acceptors (Lipinski definition) is 9. The molecular formula is C33H37N7O5S2. The van der Waals surface area contributed by atoms with E-state index < -0.39 is 41.3 Å². The lowest BCUT2D eigenvalue weighted by Gasteiger charge is -2.24. The molecule has 0 spiro atoms. The zero-order chi connectivity index (χ0) is 33.7. The number of amides is 4. The second-order valence-corrected chi connectivity index (χ2v) is 13.5. The van der Waals surface area contributed by atoms with Crippen LogP contribution in [0.5, 0.6) is 0 Å². The first-order valence-electron chi connectivity index (χ1n) is 15.3. The predicted octanol–water partition coefficient (Wildman–Crippen LogP) is 3.41. The molecule has 4 bridgehead atoms. The molecule has 1 aromatic carbocycles. The summed E-state index contributed by atoms with van der Waals surface area (Å²) in [6.07, 6.45) is 0.720. The number of carbonyl (C=O) groups is 4. The SMILES string of the molecule is Cc1ccc(C(=O)N2CCCNC(=O)c3csc(n3)[C@H](C(C)C)NC(=O)c3csc(n3)[C@H](Cc3ccccc3)NC(=O)C2)c(=O)n1C. The summed E-state index contributed by atoms with van der Waals surface area (Å²) < 4.78 is 1.39. The highest BCUT2D eigenvalue weighted by Gasteiger charge is 2.28. The number of pyridine rings is 1. The van der Waals surface area contributed by atoms with Crippen LogP contribution < -0.4 is 21.5 Å². The zero-order valence-corrected chi connectivity index (χ0v) is 28.2. The van der Waals surface area contributed by atoms with Crippen LogP contribution in [0, 0.1) is 12.8 Å². The van der Waals surface area contributed by atoms with Gasteiger partial charge in [0.2, 0.25) is 5.91 Å². The van der Waals surface area contributed by atoms with Gasteiger partial charge in [0.25, 0.3) is 23.3 Å². The zero-order valence-electron chi connectivity index (χ0n) is 26.6. The molecule has 4 heterocycles. The highest BCUT2D eigenvalue weighted by Crippen LogP contribution is 2.27. The third-order valence-electron chi connectivity index (χ3n) is 7.94. The molecule has 1 aliphatic rings. The number of aromatic nitrogens is 3. The van der Waals surface area contributed by atoms with Crippen LogP contribution in [0.25, 0.3) is 0 Å². The molecule has 0 radical (unpaired) electrons. The number of aryl methyl sites for hydroxylation is 1. The van der Waals surface area contributed by atoms with E-state index in [-0.39, 0.29) is 42.5 Å². The Morgan fingerprint density at radius 1 is 0.936 bits per heavy atom. The molecular weight excluding hydrogens is 639 g/mol.